The summed E-state index contributed by atoms with van der Waals surface area (Å²) in [5.41, 5.74) is 5.97. The van der Waals surface area contributed by atoms with Crippen LogP contribution in [0.4, 0.5) is 0 Å². The standard InChI is InChI=1S/C17H13ClN2/c1-11-16(12-6-8-14(18)9-7-12)19-17-15-5-3-2-4-13(15)10-20(11)17/h2-9H,10H2,1H3. The molecule has 0 radical (unpaired) electrons. The predicted molar refractivity (Wildman–Crippen MR) is 81.9 cm³/mol. The predicted octanol–water partition coefficient (Wildman–Crippen LogP) is 4.54. The van der Waals surface area contributed by atoms with Crippen LogP contribution in [-0.2, 0) is 6.54 Å². The molecule has 98 valence electrons. The van der Waals surface area contributed by atoms with Crippen molar-refractivity contribution in [3.05, 3.63) is 64.8 Å². The lowest BCUT2D eigenvalue weighted by molar-refractivity contribution is 0.816. The van der Waals surface area contributed by atoms with Crippen molar-refractivity contribution in [3.63, 3.8) is 0 Å². The highest BCUT2D eigenvalue weighted by Crippen LogP contribution is 2.36. The van der Waals surface area contributed by atoms with Crippen LogP contribution in [0, 0.1) is 6.92 Å². The minimum absolute atomic E-state index is 0.753. The average Bonchev–Trinajstić information content (AvgIpc) is 2.98. The summed E-state index contributed by atoms with van der Waals surface area (Å²) in [6.45, 7) is 3.05. The number of aromatic nitrogens is 2. The molecule has 0 amide bonds. The normalized spacial score (nSPS) is 12.3. The summed E-state index contributed by atoms with van der Waals surface area (Å²) < 4.78 is 2.29. The van der Waals surface area contributed by atoms with Crippen molar-refractivity contribution in [1.82, 2.24) is 9.55 Å². The molecule has 1 aliphatic rings. The molecule has 0 atom stereocenters. The molecule has 20 heavy (non-hydrogen) atoms. The van der Waals surface area contributed by atoms with Crippen LogP contribution >= 0.6 is 11.6 Å². The van der Waals surface area contributed by atoms with Crippen molar-refractivity contribution >= 4 is 11.6 Å². The van der Waals surface area contributed by atoms with Gasteiger partial charge in [-0.05, 0) is 24.6 Å². The molecule has 1 aliphatic heterocycles. The van der Waals surface area contributed by atoms with E-state index in [1.807, 2.05) is 24.3 Å². The van der Waals surface area contributed by atoms with Gasteiger partial charge in [0.25, 0.3) is 0 Å². The number of fused-ring (bicyclic) bond motifs is 3. The summed E-state index contributed by atoms with van der Waals surface area (Å²) in [6.07, 6.45) is 0. The Balaban J connectivity index is 1.89. The highest BCUT2D eigenvalue weighted by Gasteiger charge is 2.23. The lowest BCUT2D eigenvalue weighted by Crippen LogP contribution is -1.95. The molecule has 0 saturated carbocycles. The number of hydrogen-bond acceptors (Lipinski definition) is 1. The summed E-state index contributed by atoms with van der Waals surface area (Å²) in [7, 11) is 0. The molecule has 2 nitrogen and oxygen atoms in total. The van der Waals surface area contributed by atoms with Crippen LogP contribution in [-0.4, -0.2) is 9.55 Å². The van der Waals surface area contributed by atoms with Crippen LogP contribution in [0.25, 0.3) is 22.6 Å². The Morgan fingerprint density at radius 2 is 1.80 bits per heavy atom. The van der Waals surface area contributed by atoms with E-state index in [1.54, 1.807) is 0 Å². The van der Waals surface area contributed by atoms with Crippen LogP contribution in [0.1, 0.15) is 11.3 Å². The SMILES string of the molecule is Cc1c(-c2ccc(Cl)cc2)nc2n1Cc1ccccc1-2. The Morgan fingerprint density at radius 1 is 1.05 bits per heavy atom. The van der Waals surface area contributed by atoms with E-state index in [9.17, 15) is 0 Å². The summed E-state index contributed by atoms with van der Waals surface area (Å²) in [6, 6.07) is 16.3. The first-order chi connectivity index (χ1) is 9.74. The lowest BCUT2D eigenvalue weighted by Gasteiger charge is -2.03. The maximum Gasteiger partial charge on any atom is 0.141 e. The first-order valence-corrected chi connectivity index (χ1v) is 7.03. The smallest absolute Gasteiger partial charge is 0.141 e. The van der Waals surface area contributed by atoms with Gasteiger partial charge < -0.3 is 4.57 Å². The largest absolute Gasteiger partial charge is 0.323 e. The van der Waals surface area contributed by atoms with Crippen LogP contribution in [0.15, 0.2) is 48.5 Å². The molecule has 3 heteroatoms. The summed E-state index contributed by atoms with van der Waals surface area (Å²) in [5.74, 6) is 1.07. The van der Waals surface area contributed by atoms with E-state index >= 15 is 0 Å². The lowest BCUT2D eigenvalue weighted by atomic mass is 10.1. The molecule has 0 aliphatic carbocycles. The van der Waals surface area contributed by atoms with Crippen LogP contribution in [0.2, 0.25) is 5.02 Å². The van der Waals surface area contributed by atoms with E-state index in [1.165, 1.54) is 16.8 Å². The van der Waals surface area contributed by atoms with Crippen molar-refractivity contribution < 1.29 is 0 Å². The second kappa shape index (κ2) is 4.22. The van der Waals surface area contributed by atoms with Crippen molar-refractivity contribution in [1.29, 1.82) is 0 Å². The molecule has 0 bridgehead atoms. The Kier molecular flexibility index (Phi) is 2.48. The quantitative estimate of drug-likeness (QED) is 0.500. The van der Waals surface area contributed by atoms with E-state index in [0.717, 1.165) is 28.6 Å². The van der Waals surface area contributed by atoms with Crippen LogP contribution in [0.3, 0.4) is 0 Å². The summed E-state index contributed by atoms with van der Waals surface area (Å²) in [4.78, 5) is 4.85. The third-order valence-electron chi connectivity index (χ3n) is 3.93. The molecule has 0 saturated heterocycles. The zero-order valence-electron chi connectivity index (χ0n) is 11.1. The van der Waals surface area contributed by atoms with E-state index in [0.29, 0.717) is 0 Å². The molecular weight excluding hydrogens is 268 g/mol. The fourth-order valence-electron chi connectivity index (χ4n) is 2.86. The molecule has 0 N–H and O–H groups in total. The zero-order chi connectivity index (χ0) is 13.7. The number of imidazole rings is 1. The molecule has 2 heterocycles. The first-order valence-electron chi connectivity index (χ1n) is 6.65. The number of hydrogen-bond donors (Lipinski definition) is 0. The second-order valence-corrected chi connectivity index (χ2v) is 5.56. The molecule has 3 aromatic rings. The van der Waals surface area contributed by atoms with Gasteiger partial charge in [-0.1, -0.05) is 48.0 Å². The van der Waals surface area contributed by atoms with Gasteiger partial charge in [0.2, 0.25) is 0 Å². The first kappa shape index (κ1) is 11.7. The average molecular weight is 281 g/mol. The molecular formula is C17H13ClN2. The van der Waals surface area contributed by atoms with E-state index in [-0.39, 0.29) is 0 Å². The van der Waals surface area contributed by atoms with Gasteiger partial charge in [0.1, 0.15) is 5.82 Å². The van der Waals surface area contributed by atoms with Gasteiger partial charge in [-0.25, -0.2) is 4.98 Å². The Hall–Kier alpha value is -2.06. The molecule has 0 unspecified atom stereocenters. The molecule has 4 rings (SSSR count). The summed E-state index contributed by atoms with van der Waals surface area (Å²) >= 11 is 5.96. The van der Waals surface area contributed by atoms with E-state index in [4.69, 9.17) is 16.6 Å². The van der Waals surface area contributed by atoms with Crippen molar-refractivity contribution in [2.24, 2.45) is 0 Å². The third kappa shape index (κ3) is 1.61. The number of benzene rings is 2. The maximum atomic E-state index is 5.96. The Labute approximate surface area is 122 Å². The highest BCUT2D eigenvalue weighted by molar-refractivity contribution is 6.30. The van der Waals surface area contributed by atoms with Gasteiger partial charge >= 0.3 is 0 Å². The molecule has 2 aromatic carbocycles. The highest BCUT2D eigenvalue weighted by atomic mass is 35.5. The minimum atomic E-state index is 0.753. The number of halogens is 1. The number of nitrogens with zero attached hydrogens (tertiary/aromatic N) is 2. The Morgan fingerprint density at radius 3 is 2.60 bits per heavy atom. The van der Waals surface area contributed by atoms with Gasteiger partial charge in [0.15, 0.2) is 0 Å². The maximum absolute atomic E-state index is 5.96. The van der Waals surface area contributed by atoms with E-state index < -0.39 is 0 Å². The molecule has 1 aromatic heterocycles. The monoisotopic (exact) mass is 280 g/mol. The van der Waals surface area contributed by atoms with Crippen molar-refractivity contribution in [2.75, 3.05) is 0 Å². The van der Waals surface area contributed by atoms with Gasteiger partial charge in [-0.2, -0.15) is 0 Å². The fraction of sp³-hybridized carbons (Fsp3) is 0.118. The topological polar surface area (TPSA) is 17.8 Å². The van der Waals surface area contributed by atoms with Gasteiger partial charge in [-0.3, -0.25) is 0 Å². The van der Waals surface area contributed by atoms with Crippen LogP contribution in [0.5, 0.6) is 0 Å². The molecule has 0 spiro atoms. The second-order valence-electron chi connectivity index (χ2n) is 5.12. The van der Waals surface area contributed by atoms with E-state index in [2.05, 4.69) is 35.8 Å². The minimum Gasteiger partial charge on any atom is -0.323 e. The molecule has 0 fully saturated rings. The number of rotatable bonds is 1. The Bertz CT molecular complexity index is 800. The zero-order valence-corrected chi connectivity index (χ0v) is 11.9. The third-order valence-corrected chi connectivity index (χ3v) is 4.18. The van der Waals surface area contributed by atoms with Gasteiger partial charge in [-0.15, -0.1) is 0 Å². The summed E-state index contributed by atoms with van der Waals surface area (Å²) in [5, 5.41) is 0.753. The van der Waals surface area contributed by atoms with Gasteiger partial charge in [0.05, 0.1) is 12.2 Å². The van der Waals surface area contributed by atoms with Crippen LogP contribution < -0.4 is 0 Å². The van der Waals surface area contributed by atoms with Crippen molar-refractivity contribution in [3.8, 4) is 22.6 Å². The van der Waals surface area contributed by atoms with Crippen molar-refractivity contribution in [2.45, 2.75) is 13.5 Å². The van der Waals surface area contributed by atoms with Gasteiger partial charge in [0, 0.05) is 21.8 Å². The fourth-order valence-corrected chi connectivity index (χ4v) is 2.99.